The number of rotatable bonds is 2. The van der Waals surface area contributed by atoms with Gasteiger partial charge >= 0.3 is 0 Å². The summed E-state index contributed by atoms with van der Waals surface area (Å²) in [7, 11) is -1.30. The minimum absolute atomic E-state index is 0.0271. The number of nitriles is 1. The molecule has 0 radical (unpaired) electrons. The van der Waals surface area contributed by atoms with Gasteiger partial charge in [0.25, 0.3) is 0 Å². The third-order valence-electron chi connectivity index (χ3n) is 5.36. The van der Waals surface area contributed by atoms with Crippen molar-refractivity contribution in [2.45, 2.75) is 25.7 Å². The van der Waals surface area contributed by atoms with Crippen molar-refractivity contribution in [1.82, 2.24) is 14.8 Å². The Morgan fingerprint density at radius 2 is 2.19 bits per heavy atom. The van der Waals surface area contributed by atoms with E-state index in [4.69, 9.17) is 10.5 Å². The molecule has 3 heterocycles. The number of hydrogen-bond acceptors (Lipinski definition) is 8. The van der Waals surface area contributed by atoms with Crippen molar-refractivity contribution < 1.29 is 14.1 Å². The minimum Gasteiger partial charge on any atom is -0.482 e. The van der Waals surface area contributed by atoms with Gasteiger partial charge in [0.05, 0.1) is 39.2 Å². The van der Waals surface area contributed by atoms with Gasteiger partial charge in [-0.1, -0.05) is 17.7 Å². The third-order valence-corrected chi connectivity index (χ3v) is 7.43. The van der Waals surface area contributed by atoms with E-state index in [0.717, 1.165) is 11.1 Å². The second-order valence-corrected chi connectivity index (χ2v) is 10.2. The van der Waals surface area contributed by atoms with Crippen LogP contribution >= 0.6 is 0 Å². The Balaban J connectivity index is 2.07. The fourth-order valence-electron chi connectivity index (χ4n) is 3.82. The summed E-state index contributed by atoms with van der Waals surface area (Å²) < 4.78 is 26.1. The molecular formula is C22H24N6O3S. The molecule has 4 rings (SSSR count). The maximum Gasteiger partial charge on any atom is 0.166 e. The zero-order chi connectivity index (χ0) is 23.0. The van der Waals surface area contributed by atoms with E-state index >= 15 is 0 Å². The Morgan fingerprint density at radius 1 is 1.41 bits per heavy atom. The van der Waals surface area contributed by atoms with Crippen LogP contribution in [0.25, 0.3) is 11.1 Å². The average Bonchev–Trinajstić information content (AvgIpc) is 3.04. The van der Waals surface area contributed by atoms with Crippen molar-refractivity contribution in [2.75, 3.05) is 18.1 Å². The first-order valence-electron chi connectivity index (χ1n) is 10.1. The normalized spacial score (nSPS) is 19.9. The van der Waals surface area contributed by atoms with Gasteiger partial charge in [-0.3, -0.25) is 4.68 Å². The molecule has 9 nitrogen and oxygen atoms in total. The smallest absolute Gasteiger partial charge is 0.166 e. The molecule has 3 aromatic rings. The molecule has 32 heavy (non-hydrogen) atoms. The fraction of sp³-hybridized carbons (Fsp3) is 0.318. The molecule has 0 aliphatic carbocycles. The van der Waals surface area contributed by atoms with Crippen LogP contribution in [0.3, 0.4) is 0 Å². The van der Waals surface area contributed by atoms with Crippen molar-refractivity contribution in [3.63, 3.8) is 0 Å². The van der Waals surface area contributed by atoms with Gasteiger partial charge in [0.15, 0.2) is 11.6 Å². The van der Waals surface area contributed by atoms with Gasteiger partial charge in [-0.05, 0) is 26.0 Å². The Kier molecular flexibility index (Phi) is 5.62. The molecule has 1 aromatic carbocycles. The molecule has 2 bridgehead atoms. The highest BCUT2D eigenvalue weighted by Crippen LogP contribution is 2.38. The number of aromatic nitrogens is 3. The summed E-state index contributed by atoms with van der Waals surface area (Å²) in [6.45, 7) is 3.51. The van der Waals surface area contributed by atoms with Gasteiger partial charge in [0, 0.05) is 29.9 Å². The number of ether oxygens (including phenoxy) is 1. The summed E-state index contributed by atoms with van der Waals surface area (Å²) in [6, 6.07) is 9.50. The number of benzene rings is 1. The summed E-state index contributed by atoms with van der Waals surface area (Å²) >= 11 is 0. The van der Waals surface area contributed by atoms with E-state index < -0.39 is 15.8 Å². The third kappa shape index (κ3) is 3.92. The maximum atomic E-state index is 13.9. The van der Waals surface area contributed by atoms with E-state index in [-0.39, 0.29) is 23.9 Å². The molecule has 0 saturated carbocycles. The van der Waals surface area contributed by atoms with E-state index in [9.17, 15) is 14.6 Å². The summed E-state index contributed by atoms with van der Waals surface area (Å²) in [5, 5.41) is 23.9. The van der Waals surface area contributed by atoms with Crippen LogP contribution in [0.15, 0.2) is 34.8 Å². The highest BCUT2D eigenvalue weighted by Gasteiger charge is 2.25. The highest BCUT2D eigenvalue weighted by molar-refractivity contribution is 7.93. The molecule has 3 N–H and O–H groups in total. The number of fused-ring (bicyclic) bond motifs is 5. The molecule has 2 atom stereocenters. The zero-order valence-corrected chi connectivity index (χ0v) is 18.9. The number of aliphatic hydroxyl groups excluding tert-OH is 1. The molecule has 166 valence electrons. The van der Waals surface area contributed by atoms with E-state index in [1.54, 1.807) is 25.4 Å². The summed E-state index contributed by atoms with van der Waals surface area (Å²) in [6.07, 6.45) is 1.08. The number of nitrogen functional groups attached to an aromatic ring is 1. The van der Waals surface area contributed by atoms with Crippen molar-refractivity contribution in [2.24, 2.45) is 11.4 Å². The van der Waals surface area contributed by atoms with E-state index in [2.05, 4.69) is 20.5 Å². The van der Waals surface area contributed by atoms with E-state index in [0.29, 0.717) is 34.0 Å². The second-order valence-electron chi connectivity index (χ2n) is 7.77. The van der Waals surface area contributed by atoms with Crippen LogP contribution < -0.4 is 10.5 Å². The predicted molar refractivity (Wildman–Crippen MR) is 122 cm³/mol. The van der Waals surface area contributed by atoms with Gasteiger partial charge < -0.3 is 15.6 Å². The van der Waals surface area contributed by atoms with Gasteiger partial charge in [-0.2, -0.15) is 14.7 Å². The first kappa shape index (κ1) is 21.8. The molecule has 0 spiro atoms. The Labute approximate surface area is 186 Å². The molecule has 0 saturated heterocycles. The molecule has 1 unspecified atom stereocenters. The molecular weight excluding hydrogens is 428 g/mol. The van der Waals surface area contributed by atoms with E-state index in [1.165, 1.54) is 4.68 Å². The molecule has 0 fully saturated rings. The van der Waals surface area contributed by atoms with Crippen molar-refractivity contribution in [1.29, 1.82) is 5.26 Å². The average molecular weight is 453 g/mol. The standard InChI is InChI=1S/C22H24N6O3S/c1-13-4-5-17-16(8-13)14(2)31-20-9-15(11-25-22(20)24)21-18(26-28(3)19(21)10-23)12-32(30,27-17)7-6-29/h4-5,8-9,11,14,29H,6-7,12H2,1-3H3,(H2,24,25)/t14-,32?/m1/s1. The minimum atomic E-state index is -2.95. The molecule has 0 amide bonds. The number of pyridine rings is 1. The lowest BCUT2D eigenvalue weighted by molar-refractivity contribution is 0.228. The number of anilines is 1. The molecule has 2 aromatic heterocycles. The number of nitrogens with two attached hydrogens (primary N) is 1. The van der Waals surface area contributed by atoms with Crippen molar-refractivity contribution >= 4 is 21.2 Å². The van der Waals surface area contributed by atoms with Crippen LogP contribution in [0.1, 0.15) is 35.5 Å². The molecule has 1 aliphatic heterocycles. The Hall–Kier alpha value is -3.42. The first-order chi connectivity index (χ1) is 15.2. The van der Waals surface area contributed by atoms with Crippen LogP contribution in [0.5, 0.6) is 5.75 Å². The largest absolute Gasteiger partial charge is 0.482 e. The number of aryl methyl sites for hydroxylation is 2. The lowest BCUT2D eigenvalue weighted by atomic mass is 10.0. The number of aliphatic hydroxyl groups is 1. The highest BCUT2D eigenvalue weighted by atomic mass is 32.2. The van der Waals surface area contributed by atoms with Gasteiger partial charge in [0.1, 0.15) is 17.9 Å². The van der Waals surface area contributed by atoms with Gasteiger partial charge in [0.2, 0.25) is 0 Å². The van der Waals surface area contributed by atoms with Crippen LogP contribution in [0, 0.1) is 18.3 Å². The van der Waals surface area contributed by atoms with Crippen molar-refractivity contribution in [3.05, 3.63) is 53.0 Å². The second kappa shape index (κ2) is 8.26. The number of nitrogens with zero attached hydrogens (tertiary/aromatic N) is 5. The molecule has 1 aliphatic rings. The zero-order valence-electron chi connectivity index (χ0n) is 18.1. The maximum absolute atomic E-state index is 13.9. The van der Waals surface area contributed by atoms with Crippen LogP contribution in [0.4, 0.5) is 11.5 Å². The Morgan fingerprint density at radius 3 is 2.91 bits per heavy atom. The summed E-state index contributed by atoms with van der Waals surface area (Å²) in [4.78, 5) is 4.26. The van der Waals surface area contributed by atoms with E-state index in [1.807, 2.05) is 26.0 Å². The monoisotopic (exact) mass is 452 g/mol. The predicted octanol–water partition coefficient (Wildman–Crippen LogP) is 2.99. The Bertz CT molecular complexity index is 1360. The lowest BCUT2D eigenvalue weighted by Gasteiger charge is -2.20. The van der Waals surface area contributed by atoms with Crippen LogP contribution in [0.2, 0.25) is 0 Å². The quantitative estimate of drug-likeness (QED) is 0.609. The SMILES string of the molecule is Cc1ccc2c(c1)[C@@H](C)Oc1cc(cnc1N)-c1c(nn(C)c1C#N)CS(=O)(CCO)=N2. The fourth-order valence-corrected chi connectivity index (χ4v) is 5.56. The lowest BCUT2D eigenvalue weighted by Crippen LogP contribution is -2.14. The summed E-state index contributed by atoms with van der Waals surface area (Å²) in [5.41, 5.74) is 10.2. The van der Waals surface area contributed by atoms with Crippen molar-refractivity contribution in [3.8, 4) is 22.9 Å². The number of hydrogen-bond donors (Lipinski definition) is 2. The van der Waals surface area contributed by atoms with Gasteiger partial charge in [-0.25, -0.2) is 9.19 Å². The summed E-state index contributed by atoms with van der Waals surface area (Å²) in [5.74, 6) is 0.536. The van der Waals surface area contributed by atoms with Crippen LogP contribution in [-0.4, -0.2) is 36.4 Å². The topological polar surface area (TPSA) is 139 Å². The van der Waals surface area contributed by atoms with Crippen LogP contribution in [-0.2, 0) is 22.5 Å². The van der Waals surface area contributed by atoms with Gasteiger partial charge in [-0.15, -0.1) is 0 Å². The first-order valence-corrected chi connectivity index (χ1v) is 11.9. The molecule has 10 heteroatoms.